The Balaban J connectivity index is 1.41. The summed E-state index contributed by atoms with van der Waals surface area (Å²) in [6.07, 6.45) is 0.819. The van der Waals surface area contributed by atoms with Gasteiger partial charge in [0.25, 0.3) is 5.91 Å². The van der Waals surface area contributed by atoms with E-state index in [1.807, 2.05) is 0 Å². The van der Waals surface area contributed by atoms with Crippen molar-refractivity contribution in [2.24, 2.45) is 0 Å². The molecule has 22 heteroatoms. The molecule has 6 rings (SSSR count). The number of aromatic nitrogens is 6. The maximum atomic E-state index is 13.2. The van der Waals surface area contributed by atoms with E-state index in [0.29, 0.717) is 4.73 Å². The van der Waals surface area contributed by atoms with Gasteiger partial charge in [-0.25, -0.2) is 9.59 Å². The standard InChI is InChI=1S/C20H17N11O8S3/c21-7-1-9(25-31-14(7)24-27-28-31)40-3-6-12(19(36)37)29-16(33)11-17(29)42-13(6)5(18(34)35)2-39-26-10(15(32)23-11)8-4-41-20(22)30(8)38/h1-2,4,10-11,13,17,22,26,38H,3,21H2,(H,23,32)(H,34,35)(H,36,37)/t10?,11?,13?,17-/m0/s1. The molecule has 2 amide bonds. The Labute approximate surface area is 244 Å². The summed E-state index contributed by atoms with van der Waals surface area (Å²) in [6.45, 7) is 0. The Morgan fingerprint density at radius 2 is 2.05 bits per heavy atom. The summed E-state index contributed by atoms with van der Waals surface area (Å²) in [5, 5.41) is 55.4. The van der Waals surface area contributed by atoms with Gasteiger partial charge in [0.2, 0.25) is 16.4 Å². The molecule has 2 bridgehead atoms. The van der Waals surface area contributed by atoms with Crippen LogP contribution in [0.3, 0.4) is 0 Å². The number of nitrogens with zero attached hydrogens (tertiary/aromatic N) is 7. The molecule has 19 nitrogen and oxygen atoms in total. The Morgan fingerprint density at radius 3 is 2.74 bits per heavy atom. The number of thioether (sulfide) groups is 2. The van der Waals surface area contributed by atoms with E-state index in [4.69, 9.17) is 16.0 Å². The summed E-state index contributed by atoms with van der Waals surface area (Å²) in [5.74, 6) is -4.66. The largest absolute Gasteiger partial charge is 0.478 e. The average molecular weight is 636 g/mol. The highest BCUT2D eigenvalue weighted by molar-refractivity contribution is 8.01. The Kier molecular flexibility index (Phi) is 6.75. The number of amides is 2. The first-order chi connectivity index (χ1) is 20.1. The number of hydrogen-bond acceptors (Lipinski definition) is 16. The number of aliphatic carboxylic acids is 2. The van der Waals surface area contributed by atoms with Crippen LogP contribution in [0, 0.1) is 5.41 Å². The molecule has 0 saturated carbocycles. The summed E-state index contributed by atoms with van der Waals surface area (Å²) in [6, 6.07) is -1.23. The number of carboxylic acids is 2. The third kappa shape index (κ3) is 4.40. The monoisotopic (exact) mass is 635 g/mol. The second kappa shape index (κ2) is 10.3. The van der Waals surface area contributed by atoms with Gasteiger partial charge in [0.1, 0.15) is 34.1 Å². The van der Waals surface area contributed by atoms with Crippen molar-refractivity contribution in [3.63, 3.8) is 0 Å². The molecule has 218 valence electrons. The number of tetrazole rings is 1. The second-order valence-corrected chi connectivity index (χ2v) is 11.9. The van der Waals surface area contributed by atoms with Crippen molar-refractivity contribution in [3.05, 3.63) is 45.0 Å². The summed E-state index contributed by atoms with van der Waals surface area (Å²) >= 11 is 2.77. The predicted molar refractivity (Wildman–Crippen MR) is 140 cm³/mol. The summed E-state index contributed by atoms with van der Waals surface area (Å²) in [7, 11) is 0. The molecule has 3 aromatic rings. The molecule has 1 saturated heterocycles. The van der Waals surface area contributed by atoms with Gasteiger partial charge >= 0.3 is 11.9 Å². The van der Waals surface area contributed by atoms with E-state index >= 15 is 0 Å². The van der Waals surface area contributed by atoms with Gasteiger partial charge in [0.15, 0.2) is 6.04 Å². The number of nitrogens with two attached hydrogens (primary N) is 1. The number of anilines is 1. The number of β-lactam (4-membered cyclic amide) rings is 1. The molecule has 0 radical (unpaired) electrons. The van der Waals surface area contributed by atoms with Crippen molar-refractivity contribution in [2.45, 2.75) is 27.7 Å². The zero-order chi connectivity index (χ0) is 29.9. The first-order valence-electron chi connectivity index (χ1n) is 11.6. The molecule has 0 spiro atoms. The van der Waals surface area contributed by atoms with Crippen molar-refractivity contribution in [2.75, 3.05) is 11.5 Å². The van der Waals surface area contributed by atoms with Gasteiger partial charge < -0.3 is 31.3 Å². The van der Waals surface area contributed by atoms with Crippen LogP contribution in [0.25, 0.3) is 5.65 Å². The molecule has 1 fully saturated rings. The van der Waals surface area contributed by atoms with Crippen LogP contribution in [-0.2, 0) is 24.0 Å². The third-order valence-corrected chi connectivity index (χ3v) is 9.71. The minimum Gasteiger partial charge on any atom is -0.478 e. The fraction of sp³-hybridized carbons (Fsp3) is 0.250. The van der Waals surface area contributed by atoms with Crippen molar-refractivity contribution in [1.29, 1.82) is 5.41 Å². The molecular formula is C20H17N11O8S3. The minimum atomic E-state index is -1.48. The van der Waals surface area contributed by atoms with Crippen LogP contribution >= 0.6 is 34.9 Å². The number of fused-ring (bicyclic) bond motifs is 2. The second-order valence-electron chi connectivity index (χ2n) is 8.82. The van der Waals surface area contributed by atoms with Crippen LogP contribution in [-0.4, -0.2) is 96.5 Å². The maximum absolute atomic E-state index is 13.2. The topological polar surface area (TPSA) is 276 Å². The molecule has 0 aliphatic carbocycles. The van der Waals surface area contributed by atoms with Crippen molar-refractivity contribution in [1.82, 2.24) is 45.7 Å². The quantitative estimate of drug-likeness (QED) is 0.0887. The van der Waals surface area contributed by atoms with Gasteiger partial charge in [-0.1, -0.05) is 11.8 Å². The molecule has 3 aromatic heterocycles. The van der Waals surface area contributed by atoms with Gasteiger partial charge in [-0.15, -0.1) is 43.4 Å². The summed E-state index contributed by atoms with van der Waals surface area (Å²) in [5.41, 5.74) is 7.86. The van der Waals surface area contributed by atoms with Gasteiger partial charge in [0, 0.05) is 11.1 Å². The van der Waals surface area contributed by atoms with Gasteiger partial charge in [-0.05, 0) is 22.1 Å². The van der Waals surface area contributed by atoms with Crippen molar-refractivity contribution >= 4 is 69.9 Å². The van der Waals surface area contributed by atoms with E-state index in [9.17, 15) is 34.6 Å². The lowest BCUT2D eigenvalue weighted by Crippen LogP contribution is -2.71. The van der Waals surface area contributed by atoms with Crippen LogP contribution < -0.4 is 21.3 Å². The normalized spacial score (nSPS) is 23.9. The number of rotatable bonds is 6. The lowest BCUT2D eigenvalue weighted by molar-refractivity contribution is -0.151. The SMILES string of the molecule is N=c1scc(C2NOC=C(C(=O)O)C3S[C@H]4C(NC2=O)C(=O)N4C(C(=O)O)=C3CSc2cc(N)c3nnnn3n2)n1O. The van der Waals surface area contributed by atoms with E-state index in [1.54, 1.807) is 0 Å². The smallest absolute Gasteiger partial charge is 0.352 e. The van der Waals surface area contributed by atoms with Crippen LogP contribution in [0.2, 0.25) is 0 Å². The Bertz CT molecular complexity index is 1800. The van der Waals surface area contributed by atoms with Crippen molar-refractivity contribution < 1.29 is 39.4 Å². The first kappa shape index (κ1) is 27.5. The third-order valence-electron chi connectivity index (χ3n) is 6.43. The first-order valence-corrected chi connectivity index (χ1v) is 14.4. The highest BCUT2D eigenvalue weighted by Gasteiger charge is 2.57. The molecule has 3 unspecified atom stereocenters. The number of thiazole rings is 1. The molecule has 6 heterocycles. The Morgan fingerprint density at radius 1 is 1.26 bits per heavy atom. The number of carbonyl (C=O) groups excluding carboxylic acids is 2. The zero-order valence-corrected chi connectivity index (χ0v) is 23.0. The zero-order valence-electron chi connectivity index (χ0n) is 20.6. The highest BCUT2D eigenvalue weighted by Crippen LogP contribution is 2.48. The summed E-state index contributed by atoms with van der Waals surface area (Å²) in [4.78, 5) is 57.4. The van der Waals surface area contributed by atoms with Crippen LogP contribution in [0.4, 0.5) is 5.69 Å². The van der Waals surface area contributed by atoms with E-state index in [0.717, 1.165) is 50.7 Å². The molecule has 8 N–H and O–H groups in total. The number of nitrogen functional groups attached to an aromatic ring is 1. The van der Waals surface area contributed by atoms with Gasteiger partial charge in [-0.2, -0.15) is 4.73 Å². The molecule has 3 aliphatic rings. The average Bonchev–Trinajstić information content (AvgIpc) is 3.55. The molecule has 4 atom stereocenters. The lowest BCUT2D eigenvalue weighted by Gasteiger charge is -2.51. The minimum absolute atomic E-state index is 0.0574. The van der Waals surface area contributed by atoms with E-state index in [2.05, 4.69) is 31.4 Å². The molecule has 0 aromatic carbocycles. The van der Waals surface area contributed by atoms with E-state index < -0.39 is 52.2 Å². The maximum Gasteiger partial charge on any atom is 0.352 e. The number of hydroxylamine groups is 1. The lowest BCUT2D eigenvalue weighted by atomic mass is 9.98. The Hall–Kier alpha value is -4.67. The molecule has 42 heavy (non-hydrogen) atoms. The number of carboxylic acid groups (broad SMARTS) is 2. The highest BCUT2D eigenvalue weighted by atomic mass is 32.2. The van der Waals surface area contributed by atoms with E-state index in [1.165, 1.54) is 11.4 Å². The summed E-state index contributed by atoms with van der Waals surface area (Å²) < 4.78 is 1.52. The van der Waals surface area contributed by atoms with Crippen molar-refractivity contribution in [3.8, 4) is 0 Å². The number of nitrogens with one attached hydrogen (secondary N) is 3. The number of hydrogen-bond donors (Lipinski definition) is 7. The van der Waals surface area contributed by atoms with Crippen LogP contribution in [0.15, 0.2) is 39.6 Å². The van der Waals surface area contributed by atoms with E-state index in [-0.39, 0.29) is 43.8 Å². The van der Waals surface area contributed by atoms with Gasteiger partial charge in [0.05, 0.1) is 16.5 Å². The molecule has 3 aliphatic heterocycles. The molecular weight excluding hydrogens is 618 g/mol. The fourth-order valence-electron chi connectivity index (χ4n) is 4.48. The van der Waals surface area contributed by atoms with Crippen LogP contribution in [0.5, 0.6) is 0 Å². The van der Waals surface area contributed by atoms with Crippen LogP contribution in [0.1, 0.15) is 11.7 Å². The predicted octanol–water partition coefficient (Wildman–Crippen LogP) is -1.87. The van der Waals surface area contributed by atoms with Gasteiger partial charge in [-0.3, -0.25) is 19.9 Å². The number of carbonyl (C=O) groups is 4. The fourth-order valence-corrected chi connectivity index (χ4v) is 7.83.